The second kappa shape index (κ2) is 5.50. The lowest BCUT2D eigenvalue weighted by molar-refractivity contribution is 0.185. The molecular formula is C11H13NO3S3. The molecule has 0 aliphatic heterocycles. The molecule has 0 unspecified atom stereocenters. The maximum Gasteiger partial charge on any atom is 0.250 e. The highest BCUT2D eigenvalue weighted by atomic mass is 32.2. The predicted octanol–water partition coefficient (Wildman–Crippen LogP) is 2.13. The van der Waals surface area contributed by atoms with Crippen molar-refractivity contribution in [2.24, 2.45) is 0 Å². The van der Waals surface area contributed by atoms with Gasteiger partial charge in [0.25, 0.3) is 0 Å². The summed E-state index contributed by atoms with van der Waals surface area (Å²) in [5.74, 6) is 0. The first-order valence-electron chi connectivity index (χ1n) is 5.26. The molecule has 0 spiro atoms. The van der Waals surface area contributed by atoms with Crippen molar-refractivity contribution in [1.29, 1.82) is 0 Å². The van der Waals surface area contributed by atoms with Crippen LogP contribution in [0, 0.1) is 6.92 Å². The van der Waals surface area contributed by atoms with Gasteiger partial charge in [-0.05, 0) is 35.4 Å². The van der Waals surface area contributed by atoms with Gasteiger partial charge in [0.15, 0.2) is 0 Å². The lowest BCUT2D eigenvalue weighted by Gasteiger charge is -2.11. The van der Waals surface area contributed by atoms with Crippen molar-refractivity contribution >= 4 is 32.7 Å². The largest absolute Gasteiger partial charge is 0.386 e. The highest BCUT2D eigenvalue weighted by Crippen LogP contribution is 2.24. The van der Waals surface area contributed by atoms with E-state index in [1.165, 1.54) is 17.4 Å². The molecule has 2 N–H and O–H groups in total. The average Bonchev–Trinajstić information content (AvgIpc) is 2.96. The number of hydrogen-bond donors (Lipinski definition) is 2. The van der Waals surface area contributed by atoms with E-state index in [2.05, 4.69) is 4.72 Å². The normalized spacial score (nSPS) is 13.7. The number of hydrogen-bond acceptors (Lipinski definition) is 5. The Bertz CT molecular complexity index is 601. The Morgan fingerprint density at radius 3 is 2.67 bits per heavy atom. The van der Waals surface area contributed by atoms with Crippen LogP contribution in [0.4, 0.5) is 0 Å². The van der Waals surface area contributed by atoms with E-state index >= 15 is 0 Å². The SMILES string of the molecule is Cc1ccsc1[C@H](O)CNS(=O)(=O)c1cccs1. The van der Waals surface area contributed by atoms with E-state index in [9.17, 15) is 13.5 Å². The first-order chi connectivity index (χ1) is 8.50. The summed E-state index contributed by atoms with van der Waals surface area (Å²) >= 11 is 2.58. The first-order valence-corrected chi connectivity index (χ1v) is 8.50. The van der Waals surface area contributed by atoms with Gasteiger partial charge in [-0.2, -0.15) is 0 Å². The molecule has 0 saturated heterocycles. The van der Waals surface area contributed by atoms with Gasteiger partial charge in [0.2, 0.25) is 10.0 Å². The lowest BCUT2D eigenvalue weighted by atomic mass is 10.2. The van der Waals surface area contributed by atoms with Gasteiger partial charge < -0.3 is 5.11 Å². The van der Waals surface area contributed by atoms with Gasteiger partial charge in [0.1, 0.15) is 10.3 Å². The molecular weight excluding hydrogens is 290 g/mol. The van der Waals surface area contributed by atoms with Crippen LogP contribution in [0.15, 0.2) is 33.2 Å². The van der Waals surface area contributed by atoms with Crippen LogP contribution in [0.3, 0.4) is 0 Å². The van der Waals surface area contributed by atoms with Gasteiger partial charge in [0, 0.05) is 11.4 Å². The van der Waals surface area contributed by atoms with E-state index in [1.807, 2.05) is 18.4 Å². The van der Waals surface area contributed by atoms with Crippen molar-refractivity contribution in [3.8, 4) is 0 Å². The zero-order valence-corrected chi connectivity index (χ0v) is 12.1. The topological polar surface area (TPSA) is 66.4 Å². The van der Waals surface area contributed by atoms with E-state index in [0.717, 1.165) is 21.8 Å². The summed E-state index contributed by atoms with van der Waals surface area (Å²) in [5, 5.41) is 13.5. The number of aliphatic hydroxyl groups excluding tert-OH is 1. The Balaban J connectivity index is 2.03. The summed E-state index contributed by atoms with van der Waals surface area (Å²) in [6.45, 7) is 1.88. The van der Waals surface area contributed by atoms with E-state index < -0.39 is 16.1 Å². The number of thiophene rings is 2. The van der Waals surface area contributed by atoms with E-state index in [-0.39, 0.29) is 10.8 Å². The van der Waals surface area contributed by atoms with E-state index in [0.29, 0.717) is 0 Å². The molecule has 0 bridgehead atoms. The summed E-state index contributed by atoms with van der Waals surface area (Å²) in [7, 11) is -3.50. The molecule has 1 atom stereocenters. The third kappa shape index (κ3) is 2.99. The maximum absolute atomic E-state index is 11.8. The Hall–Kier alpha value is -0.730. The zero-order chi connectivity index (χ0) is 13.2. The van der Waals surface area contributed by atoms with Gasteiger partial charge in [-0.1, -0.05) is 6.07 Å². The Morgan fingerprint density at radius 1 is 1.33 bits per heavy atom. The van der Waals surface area contributed by atoms with Crippen molar-refractivity contribution in [3.63, 3.8) is 0 Å². The first kappa shape index (κ1) is 13.7. The van der Waals surface area contributed by atoms with Crippen molar-refractivity contribution < 1.29 is 13.5 Å². The third-order valence-corrected chi connectivity index (χ3v) is 6.37. The summed E-state index contributed by atoms with van der Waals surface area (Å²) < 4.78 is 26.4. The Labute approximate surface area is 114 Å². The fraction of sp³-hybridized carbons (Fsp3) is 0.273. The maximum atomic E-state index is 11.8. The monoisotopic (exact) mass is 303 g/mol. The summed E-state index contributed by atoms with van der Waals surface area (Å²) in [4.78, 5) is 0.795. The molecule has 2 heterocycles. The van der Waals surface area contributed by atoms with Gasteiger partial charge in [-0.25, -0.2) is 13.1 Å². The van der Waals surface area contributed by atoms with Crippen LogP contribution in [0.2, 0.25) is 0 Å². The fourth-order valence-electron chi connectivity index (χ4n) is 1.49. The molecule has 4 nitrogen and oxygen atoms in total. The summed E-state index contributed by atoms with van der Waals surface area (Å²) in [5.41, 5.74) is 0.975. The number of rotatable bonds is 5. The van der Waals surface area contributed by atoms with Gasteiger partial charge in [0.05, 0.1) is 0 Å². The highest BCUT2D eigenvalue weighted by molar-refractivity contribution is 7.91. The van der Waals surface area contributed by atoms with E-state index in [1.54, 1.807) is 11.4 Å². The van der Waals surface area contributed by atoms with Crippen LogP contribution in [-0.2, 0) is 10.0 Å². The van der Waals surface area contributed by atoms with Crippen LogP contribution in [0.5, 0.6) is 0 Å². The van der Waals surface area contributed by atoms with Gasteiger partial charge in [-0.3, -0.25) is 0 Å². The standard InChI is InChI=1S/C11H13NO3S3/c1-8-4-6-17-11(8)9(13)7-12-18(14,15)10-3-2-5-16-10/h2-6,9,12-13H,7H2,1H3/t9-/m1/s1. The molecule has 2 aromatic rings. The van der Waals surface area contributed by atoms with Crippen molar-refractivity contribution in [2.45, 2.75) is 17.2 Å². The summed E-state index contributed by atoms with van der Waals surface area (Å²) in [6.07, 6.45) is -0.806. The molecule has 2 rings (SSSR count). The minimum Gasteiger partial charge on any atom is -0.386 e. The van der Waals surface area contributed by atoms with Gasteiger partial charge >= 0.3 is 0 Å². The molecule has 0 aliphatic rings. The fourth-order valence-corrected chi connectivity index (χ4v) is 4.48. The molecule has 0 saturated carbocycles. The van der Waals surface area contributed by atoms with Crippen molar-refractivity contribution in [2.75, 3.05) is 6.54 Å². The quantitative estimate of drug-likeness (QED) is 0.889. The molecule has 0 amide bonds. The lowest BCUT2D eigenvalue weighted by Crippen LogP contribution is -2.27. The van der Waals surface area contributed by atoms with Crippen LogP contribution < -0.4 is 4.72 Å². The molecule has 0 fully saturated rings. The number of aliphatic hydroxyl groups is 1. The molecule has 98 valence electrons. The second-order valence-electron chi connectivity index (χ2n) is 3.77. The molecule has 0 aliphatic carbocycles. The van der Waals surface area contributed by atoms with Crippen molar-refractivity contribution in [1.82, 2.24) is 4.72 Å². The Morgan fingerprint density at radius 2 is 2.11 bits per heavy atom. The second-order valence-corrected chi connectivity index (χ2v) is 7.66. The summed E-state index contributed by atoms with van der Waals surface area (Å²) in [6, 6.07) is 5.12. The minimum atomic E-state index is -3.50. The third-order valence-electron chi connectivity index (χ3n) is 2.43. The molecule has 18 heavy (non-hydrogen) atoms. The predicted molar refractivity (Wildman–Crippen MR) is 73.5 cm³/mol. The van der Waals surface area contributed by atoms with E-state index in [4.69, 9.17) is 0 Å². The smallest absolute Gasteiger partial charge is 0.250 e. The number of nitrogens with one attached hydrogen (secondary N) is 1. The molecule has 7 heteroatoms. The van der Waals surface area contributed by atoms with Crippen LogP contribution in [0.1, 0.15) is 16.5 Å². The average molecular weight is 303 g/mol. The van der Waals surface area contributed by atoms with Crippen molar-refractivity contribution in [3.05, 3.63) is 39.4 Å². The highest BCUT2D eigenvalue weighted by Gasteiger charge is 2.18. The number of aryl methyl sites for hydroxylation is 1. The minimum absolute atomic E-state index is 0.0123. The van der Waals surface area contributed by atoms with Crippen LogP contribution >= 0.6 is 22.7 Å². The molecule has 0 aromatic carbocycles. The van der Waals surface area contributed by atoms with Gasteiger partial charge in [-0.15, -0.1) is 22.7 Å². The zero-order valence-electron chi connectivity index (χ0n) is 9.66. The molecule has 0 radical (unpaired) electrons. The molecule has 2 aromatic heterocycles. The Kier molecular flexibility index (Phi) is 4.18. The number of sulfonamides is 1. The van der Waals surface area contributed by atoms with Crippen LogP contribution in [-0.4, -0.2) is 20.1 Å². The van der Waals surface area contributed by atoms with Crippen LogP contribution in [0.25, 0.3) is 0 Å².